The first-order valence-electron chi connectivity index (χ1n) is 8.64. The molecular weight excluding hydrogens is 280 g/mol. The largest absolute Gasteiger partial charge is 0.377 e. The van der Waals surface area contributed by atoms with Crippen molar-refractivity contribution in [1.82, 2.24) is 0 Å². The zero-order valence-corrected chi connectivity index (χ0v) is 14.8. The molecule has 3 rings (SSSR count). The zero-order chi connectivity index (χ0) is 16.4. The van der Waals surface area contributed by atoms with Gasteiger partial charge in [0.05, 0.1) is 0 Å². The van der Waals surface area contributed by atoms with Crippen molar-refractivity contribution in [3.63, 3.8) is 0 Å². The van der Waals surface area contributed by atoms with E-state index in [9.17, 15) is 0 Å². The fourth-order valence-corrected chi connectivity index (χ4v) is 3.23. The molecule has 2 heteroatoms. The van der Waals surface area contributed by atoms with E-state index in [4.69, 9.17) is 0 Å². The summed E-state index contributed by atoms with van der Waals surface area (Å²) < 4.78 is 2.51. The maximum absolute atomic E-state index is 2.51. The van der Waals surface area contributed by atoms with Gasteiger partial charge in [-0.3, -0.25) is 0 Å². The molecule has 0 spiro atoms. The Morgan fingerprint density at radius 2 is 1.57 bits per heavy atom. The van der Waals surface area contributed by atoms with Gasteiger partial charge in [0.2, 0.25) is 11.0 Å². The molecule has 0 N–H and O–H groups in total. The predicted molar refractivity (Wildman–Crippen MR) is 100 cm³/mol. The van der Waals surface area contributed by atoms with E-state index in [1.54, 1.807) is 0 Å². The number of aromatic nitrogens is 1. The van der Waals surface area contributed by atoms with E-state index < -0.39 is 0 Å². The second-order valence-electron chi connectivity index (χ2n) is 6.70. The van der Waals surface area contributed by atoms with Gasteiger partial charge in [-0.25, -0.2) is 0 Å². The first-order valence-corrected chi connectivity index (χ1v) is 8.64. The maximum Gasteiger partial charge on any atom is 0.215 e. The molecule has 2 nitrogen and oxygen atoms in total. The van der Waals surface area contributed by atoms with Gasteiger partial charge in [0, 0.05) is 49.1 Å². The van der Waals surface area contributed by atoms with Crippen molar-refractivity contribution < 1.29 is 4.57 Å². The van der Waals surface area contributed by atoms with Crippen molar-refractivity contribution in [2.75, 3.05) is 19.0 Å². The summed E-state index contributed by atoms with van der Waals surface area (Å²) >= 11 is 0. The van der Waals surface area contributed by atoms with Crippen LogP contribution in [0.4, 0.5) is 5.69 Å². The van der Waals surface area contributed by atoms with Crippen molar-refractivity contribution in [2.24, 2.45) is 0 Å². The molecule has 0 amide bonds. The number of nitrogens with zero attached hydrogens (tertiary/aromatic N) is 2. The molecule has 0 aliphatic heterocycles. The predicted octanol–water partition coefficient (Wildman–Crippen LogP) is 4.85. The van der Waals surface area contributed by atoms with Gasteiger partial charge in [-0.1, -0.05) is 19.4 Å². The molecule has 0 aliphatic rings. The minimum Gasteiger partial charge on any atom is -0.377 e. The summed E-state index contributed by atoms with van der Waals surface area (Å²) in [6.07, 6.45) is 3.77. The molecule has 23 heavy (non-hydrogen) atoms. The number of anilines is 1. The van der Waals surface area contributed by atoms with Crippen LogP contribution in [0.25, 0.3) is 21.8 Å². The zero-order valence-electron chi connectivity index (χ0n) is 14.8. The van der Waals surface area contributed by atoms with Crippen molar-refractivity contribution in [1.29, 1.82) is 0 Å². The van der Waals surface area contributed by atoms with Crippen LogP contribution in [0.1, 0.15) is 31.7 Å². The van der Waals surface area contributed by atoms with Crippen LogP contribution in [0.5, 0.6) is 0 Å². The Morgan fingerprint density at radius 1 is 0.870 bits per heavy atom. The van der Waals surface area contributed by atoms with Gasteiger partial charge in [-0.05, 0) is 43.2 Å². The highest BCUT2D eigenvalue weighted by Crippen LogP contribution is 2.23. The van der Waals surface area contributed by atoms with E-state index in [0.717, 1.165) is 6.54 Å². The summed E-state index contributed by atoms with van der Waals surface area (Å²) in [5.74, 6) is 0. The number of benzene rings is 2. The van der Waals surface area contributed by atoms with Crippen LogP contribution in [0, 0.1) is 6.92 Å². The highest BCUT2D eigenvalue weighted by Gasteiger charge is 2.16. The SMILES string of the molecule is CCCCC[n+]1c2cc(C)ccc2cc2ccc(N(C)C)cc21. The maximum atomic E-state index is 2.51. The number of unbranched alkanes of at least 4 members (excludes halogenated alkanes) is 2. The molecule has 2 aromatic carbocycles. The van der Waals surface area contributed by atoms with Crippen molar-refractivity contribution in [2.45, 2.75) is 39.7 Å². The first kappa shape index (κ1) is 15.8. The average Bonchev–Trinajstić information content (AvgIpc) is 2.54. The summed E-state index contributed by atoms with van der Waals surface area (Å²) in [5, 5.41) is 2.65. The number of pyridine rings is 1. The normalized spacial score (nSPS) is 11.3. The van der Waals surface area contributed by atoms with Crippen molar-refractivity contribution in [3.05, 3.63) is 48.0 Å². The van der Waals surface area contributed by atoms with Gasteiger partial charge in [0.1, 0.15) is 6.54 Å². The molecule has 1 heterocycles. The van der Waals surface area contributed by atoms with Crippen LogP contribution in [0.3, 0.4) is 0 Å². The van der Waals surface area contributed by atoms with Crippen LogP contribution >= 0.6 is 0 Å². The smallest absolute Gasteiger partial charge is 0.215 e. The molecule has 0 bridgehead atoms. The van der Waals surface area contributed by atoms with Crippen LogP contribution in [-0.2, 0) is 6.54 Å². The van der Waals surface area contributed by atoms with Gasteiger partial charge in [-0.2, -0.15) is 4.57 Å². The average molecular weight is 307 g/mol. The van der Waals surface area contributed by atoms with Gasteiger partial charge >= 0.3 is 0 Å². The highest BCUT2D eigenvalue weighted by molar-refractivity contribution is 5.90. The quantitative estimate of drug-likeness (QED) is 0.371. The number of aryl methyl sites for hydroxylation is 2. The van der Waals surface area contributed by atoms with E-state index in [0.29, 0.717) is 0 Å². The van der Waals surface area contributed by atoms with Crippen LogP contribution < -0.4 is 9.47 Å². The van der Waals surface area contributed by atoms with Gasteiger partial charge in [0.15, 0.2) is 0 Å². The van der Waals surface area contributed by atoms with Gasteiger partial charge < -0.3 is 4.90 Å². The minimum absolute atomic E-state index is 1.09. The van der Waals surface area contributed by atoms with Crippen LogP contribution in [0.2, 0.25) is 0 Å². The Kier molecular flexibility index (Phi) is 4.51. The number of rotatable bonds is 5. The van der Waals surface area contributed by atoms with E-state index in [1.807, 2.05) is 0 Å². The summed E-state index contributed by atoms with van der Waals surface area (Å²) in [5.41, 5.74) is 5.27. The first-order chi connectivity index (χ1) is 11.1. The fourth-order valence-electron chi connectivity index (χ4n) is 3.23. The summed E-state index contributed by atoms with van der Waals surface area (Å²) in [6, 6.07) is 15.9. The van der Waals surface area contributed by atoms with E-state index >= 15 is 0 Å². The highest BCUT2D eigenvalue weighted by atomic mass is 15.1. The third kappa shape index (κ3) is 3.17. The van der Waals surface area contributed by atoms with Crippen LogP contribution in [-0.4, -0.2) is 14.1 Å². The Hall–Kier alpha value is -2.09. The van der Waals surface area contributed by atoms with E-state index in [-0.39, 0.29) is 0 Å². The summed E-state index contributed by atoms with van der Waals surface area (Å²) in [7, 11) is 4.21. The molecule has 1 aromatic heterocycles. The third-order valence-electron chi connectivity index (χ3n) is 4.59. The molecule has 0 saturated heterocycles. The third-order valence-corrected chi connectivity index (χ3v) is 4.59. The monoisotopic (exact) mass is 307 g/mol. The lowest BCUT2D eigenvalue weighted by molar-refractivity contribution is -0.645. The lowest BCUT2D eigenvalue weighted by Gasteiger charge is -2.13. The summed E-state index contributed by atoms with van der Waals surface area (Å²) in [6.45, 7) is 5.53. The molecule has 0 unspecified atom stereocenters. The molecule has 0 radical (unpaired) electrons. The Morgan fingerprint density at radius 3 is 2.26 bits per heavy atom. The Balaban J connectivity index is 2.26. The lowest BCUT2D eigenvalue weighted by Crippen LogP contribution is -2.35. The lowest BCUT2D eigenvalue weighted by atomic mass is 10.1. The molecule has 0 aliphatic carbocycles. The van der Waals surface area contributed by atoms with Crippen LogP contribution in [0.15, 0.2) is 42.5 Å². The van der Waals surface area contributed by atoms with Crippen molar-refractivity contribution >= 4 is 27.5 Å². The van der Waals surface area contributed by atoms with Crippen molar-refractivity contribution in [3.8, 4) is 0 Å². The van der Waals surface area contributed by atoms with E-state index in [2.05, 4.69) is 79.9 Å². The number of hydrogen-bond acceptors (Lipinski definition) is 1. The minimum atomic E-state index is 1.09. The van der Waals surface area contributed by atoms with Gasteiger partial charge in [0.25, 0.3) is 0 Å². The molecule has 0 atom stereocenters. The molecule has 0 fully saturated rings. The summed E-state index contributed by atoms with van der Waals surface area (Å²) in [4.78, 5) is 2.18. The van der Waals surface area contributed by atoms with E-state index in [1.165, 1.54) is 52.3 Å². The number of fused-ring (bicyclic) bond motifs is 2. The Bertz CT molecular complexity index is 834. The standard InChI is InChI=1S/C21H27N2/c1-5-6-7-12-23-20-13-16(2)8-9-17(20)14-18-10-11-19(22(3)4)15-21(18)23/h8-11,13-15H,5-7,12H2,1-4H3/q+1. The topological polar surface area (TPSA) is 7.12 Å². The van der Waals surface area contributed by atoms with Gasteiger partial charge in [-0.15, -0.1) is 0 Å². The second kappa shape index (κ2) is 6.57. The molecule has 120 valence electrons. The molecular formula is C21H27N2+. The molecule has 3 aromatic rings. The Labute approximate surface area is 139 Å². The second-order valence-corrected chi connectivity index (χ2v) is 6.70. The molecule has 0 saturated carbocycles. The number of hydrogen-bond donors (Lipinski definition) is 0. The fraction of sp³-hybridized carbons (Fsp3) is 0.381.